The van der Waals surface area contributed by atoms with Crippen molar-refractivity contribution in [2.45, 2.75) is 19.9 Å². The van der Waals surface area contributed by atoms with Crippen molar-refractivity contribution >= 4 is 50.3 Å². The van der Waals surface area contributed by atoms with E-state index in [1.165, 1.54) is 21.4 Å². The smallest absolute Gasteiger partial charge is 0.236 e. The van der Waals surface area contributed by atoms with Gasteiger partial charge in [0.15, 0.2) is 0 Å². The van der Waals surface area contributed by atoms with Gasteiger partial charge in [0, 0.05) is 28.6 Å². The molecule has 4 nitrogen and oxygen atoms in total. The Morgan fingerprint density at radius 3 is 3.04 bits per heavy atom. The minimum Gasteiger partial charge on any atom is -0.336 e. The number of thiophene rings is 1. The van der Waals surface area contributed by atoms with E-state index in [9.17, 15) is 4.79 Å². The third kappa shape index (κ3) is 2.45. The van der Waals surface area contributed by atoms with Crippen LogP contribution in [0.25, 0.3) is 20.5 Å². The summed E-state index contributed by atoms with van der Waals surface area (Å²) in [6, 6.07) is 2.16. The topological polar surface area (TPSA) is 59.2 Å². The van der Waals surface area contributed by atoms with E-state index in [1.807, 2.05) is 23.5 Å². The number of carbonyl (C=O) groups is 1. The van der Waals surface area contributed by atoms with E-state index in [1.54, 1.807) is 22.7 Å². The molecule has 0 spiro atoms. The molecule has 124 valence electrons. The van der Waals surface area contributed by atoms with Gasteiger partial charge in [0.2, 0.25) is 5.91 Å². The predicted molar refractivity (Wildman–Crippen MR) is 101 cm³/mol. The quantitative estimate of drug-likeness (QED) is 0.738. The molecule has 1 aliphatic rings. The minimum absolute atomic E-state index is 0.00284. The van der Waals surface area contributed by atoms with Crippen LogP contribution in [0.2, 0.25) is 5.02 Å². The lowest BCUT2D eigenvalue weighted by Gasteiger charge is -2.26. The number of halogens is 1. The molecule has 0 atom stereocenters. The number of benzene rings is 1. The summed E-state index contributed by atoms with van der Waals surface area (Å²) in [5.74, 6) is 0.00284. The number of rotatable bonds is 2. The molecule has 4 rings (SSSR count). The van der Waals surface area contributed by atoms with E-state index < -0.39 is 0 Å². The van der Waals surface area contributed by atoms with Crippen LogP contribution in [0.1, 0.15) is 16.0 Å². The SMILES string of the molecule is Cc1cc(-c2cncs2)c2c3c(sc2c1Cl)CN(C(=O)CN)CC3. The van der Waals surface area contributed by atoms with Crippen molar-refractivity contribution in [3.8, 4) is 10.4 Å². The lowest BCUT2D eigenvalue weighted by Crippen LogP contribution is -2.39. The van der Waals surface area contributed by atoms with Gasteiger partial charge in [-0.2, -0.15) is 0 Å². The fourth-order valence-corrected chi connectivity index (χ4v) is 5.55. The predicted octanol–water partition coefficient (Wildman–Crippen LogP) is 3.83. The van der Waals surface area contributed by atoms with Crippen molar-refractivity contribution in [3.63, 3.8) is 0 Å². The molecule has 1 aromatic carbocycles. The van der Waals surface area contributed by atoms with E-state index in [0.29, 0.717) is 13.1 Å². The summed E-state index contributed by atoms with van der Waals surface area (Å²) in [5, 5.41) is 2.05. The average Bonchev–Trinajstić information content (AvgIpc) is 3.24. The Morgan fingerprint density at radius 1 is 1.50 bits per heavy atom. The van der Waals surface area contributed by atoms with Crippen LogP contribution in [-0.2, 0) is 17.8 Å². The average molecular weight is 378 g/mol. The number of hydrogen-bond acceptors (Lipinski definition) is 5. The van der Waals surface area contributed by atoms with Crippen LogP contribution in [0.3, 0.4) is 0 Å². The van der Waals surface area contributed by atoms with Crippen LogP contribution in [-0.4, -0.2) is 28.9 Å². The number of nitrogens with two attached hydrogens (primary N) is 1. The molecule has 7 heteroatoms. The first-order valence-electron chi connectivity index (χ1n) is 7.70. The van der Waals surface area contributed by atoms with Crippen LogP contribution >= 0.6 is 34.3 Å². The van der Waals surface area contributed by atoms with Gasteiger partial charge in [0.1, 0.15) is 0 Å². The number of thiazole rings is 1. The fourth-order valence-electron chi connectivity index (χ4n) is 3.26. The van der Waals surface area contributed by atoms with Crippen molar-refractivity contribution in [1.29, 1.82) is 0 Å². The standard InChI is InChI=1S/C17H16ClN3OS2/c1-9-4-11(12-6-20-8-23-12)15-10-2-3-21(14(22)5-19)7-13(10)24-17(15)16(9)18/h4,6,8H,2-3,5,7,19H2,1H3. The van der Waals surface area contributed by atoms with Gasteiger partial charge >= 0.3 is 0 Å². The third-order valence-electron chi connectivity index (χ3n) is 4.46. The maximum Gasteiger partial charge on any atom is 0.236 e. The highest BCUT2D eigenvalue weighted by Gasteiger charge is 2.26. The molecular formula is C17H16ClN3OS2. The Kier molecular flexibility index (Phi) is 4.08. The van der Waals surface area contributed by atoms with Crippen LogP contribution < -0.4 is 5.73 Å². The zero-order valence-corrected chi connectivity index (χ0v) is 15.5. The summed E-state index contributed by atoms with van der Waals surface area (Å²) in [5.41, 5.74) is 11.0. The molecule has 3 heterocycles. The van der Waals surface area contributed by atoms with Gasteiger partial charge in [-0.25, -0.2) is 0 Å². The monoisotopic (exact) mass is 377 g/mol. The third-order valence-corrected chi connectivity index (χ3v) is 7.10. The Labute approximate surface area is 152 Å². The lowest BCUT2D eigenvalue weighted by molar-refractivity contribution is -0.130. The summed E-state index contributed by atoms with van der Waals surface area (Å²) in [4.78, 5) is 20.4. The van der Waals surface area contributed by atoms with Crippen LogP contribution in [0, 0.1) is 6.92 Å². The van der Waals surface area contributed by atoms with Crippen LogP contribution in [0.4, 0.5) is 0 Å². The maximum absolute atomic E-state index is 11.9. The van der Waals surface area contributed by atoms with Crippen molar-refractivity contribution in [2.24, 2.45) is 5.73 Å². The Bertz CT molecular complexity index is 933. The summed E-state index contributed by atoms with van der Waals surface area (Å²) < 4.78 is 1.12. The number of carbonyl (C=O) groups excluding carboxylic acids is 1. The van der Waals surface area contributed by atoms with Crippen molar-refractivity contribution in [2.75, 3.05) is 13.1 Å². The molecule has 0 radical (unpaired) electrons. The molecule has 0 aliphatic carbocycles. The number of hydrogen-bond donors (Lipinski definition) is 1. The Balaban J connectivity index is 1.93. The highest BCUT2D eigenvalue weighted by Crippen LogP contribution is 2.45. The zero-order valence-electron chi connectivity index (χ0n) is 13.1. The first-order chi connectivity index (χ1) is 11.6. The molecule has 0 fully saturated rings. The number of aromatic nitrogens is 1. The zero-order chi connectivity index (χ0) is 16.8. The van der Waals surface area contributed by atoms with Gasteiger partial charge in [-0.05, 0) is 30.5 Å². The van der Waals surface area contributed by atoms with Crippen molar-refractivity contribution < 1.29 is 4.79 Å². The fraction of sp³-hybridized carbons (Fsp3) is 0.294. The summed E-state index contributed by atoms with van der Waals surface area (Å²) in [6.07, 6.45) is 2.75. The molecule has 1 amide bonds. The van der Waals surface area contributed by atoms with Crippen molar-refractivity contribution in [3.05, 3.63) is 38.8 Å². The number of amides is 1. The summed E-state index contributed by atoms with van der Waals surface area (Å²) in [6.45, 7) is 3.44. The van der Waals surface area contributed by atoms with E-state index in [4.69, 9.17) is 17.3 Å². The van der Waals surface area contributed by atoms with Gasteiger partial charge in [0.25, 0.3) is 0 Å². The number of nitrogens with zero attached hydrogens (tertiary/aromatic N) is 2. The second-order valence-corrected chi connectivity index (χ2v) is 8.27. The summed E-state index contributed by atoms with van der Waals surface area (Å²) >= 11 is 9.94. The molecule has 1 aliphatic heterocycles. The minimum atomic E-state index is 0.00284. The first kappa shape index (κ1) is 16.0. The normalized spacial score (nSPS) is 14.2. The molecule has 0 saturated heterocycles. The molecule has 0 bridgehead atoms. The Morgan fingerprint density at radius 2 is 2.33 bits per heavy atom. The largest absolute Gasteiger partial charge is 0.336 e. The molecule has 2 aromatic heterocycles. The molecule has 2 N–H and O–H groups in total. The Hall–Kier alpha value is -1.47. The van der Waals surface area contributed by atoms with Crippen LogP contribution in [0.15, 0.2) is 17.8 Å². The van der Waals surface area contributed by atoms with E-state index in [2.05, 4.69) is 11.1 Å². The molecular weight excluding hydrogens is 362 g/mol. The van der Waals surface area contributed by atoms with E-state index in [-0.39, 0.29) is 12.5 Å². The van der Waals surface area contributed by atoms with Gasteiger partial charge in [0.05, 0.1) is 33.2 Å². The summed E-state index contributed by atoms with van der Waals surface area (Å²) in [7, 11) is 0. The molecule has 3 aromatic rings. The van der Waals surface area contributed by atoms with Gasteiger partial charge in [-0.15, -0.1) is 22.7 Å². The molecule has 0 saturated carbocycles. The molecule has 24 heavy (non-hydrogen) atoms. The second kappa shape index (κ2) is 6.11. The van der Waals surface area contributed by atoms with Gasteiger partial charge in [-0.1, -0.05) is 11.6 Å². The highest BCUT2D eigenvalue weighted by atomic mass is 35.5. The molecule has 0 unspecified atom stereocenters. The van der Waals surface area contributed by atoms with E-state index in [0.717, 1.165) is 26.6 Å². The second-order valence-electron chi connectivity index (χ2n) is 5.90. The van der Waals surface area contributed by atoms with Crippen LogP contribution in [0.5, 0.6) is 0 Å². The lowest BCUT2D eigenvalue weighted by atomic mass is 9.97. The maximum atomic E-state index is 11.9. The highest BCUT2D eigenvalue weighted by molar-refractivity contribution is 7.20. The number of aryl methyl sites for hydroxylation is 1. The van der Waals surface area contributed by atoms with Crippen molar-refractivity contribution in [1.82, 2.24) is 9.88 Å². The van der Waals surface area contributed by atoms with Gasteiger partial charge in [-0.3, -0.25) is 9.78 Å². The van der Waals surface area contributed by atoms with E-state index >= 15 is 0 Å². The first-order valence-corrected chi connectivity index (χ1v) is 9.77. The number of fused-ring (bicyclic) bond motifs is 3. The van der Waals surface area contributed by atoms with Gasteiger partial charge < -0.3 is 10.6 Å².